The van der Waals surface area contributed by atoms with Crippen LogP contribution in [0.4, 0.5) is 5.69 Å². The molecule has 0 aromatic heterocycles. The fraction of sp³-hybridized carbons (Fsp3) is 0.682. The molecule has 4 heteroatoms. The van der Waals surface area contributed by atoms with Gasteiger partial charge in [0.05, 0.1) is 6.61 Å². The quantitative estimate of drug-likeness (QED) is 0.717. The van der Waals surface area contributed by atoms with Crippen molar-refractivity contribution < 1.29 is 9.53 Å². The first-order chi connectivity index (χ1) is 12.6. The van der Waals surface area contributed by atoms with Gasteiger partial charge in [0.15, 0.2) is 0 Å². The monoisotopic (exact) mass is 356 g/mol. The number of nitrogens with two attached hydrogens (primary N) is 1. The molecule has 4 aliphatic rings. The Labute approximate surface area is 156 Å². The zero-order valence-electron chi connectivity index (χ0n) is 15.9. The lowest BCUT2D eigenvalue weighted by Crippen LogP contribution is -2.47. The van der Waals surface area contributed by atoms with Crippen LogP contribution in [0.1, 0.15) is 56.9 Å². The Balaban J connectivity index is 1.40. The Bertz CT molecular complexity index is 635. The molecule has 4 bridgehead atoms. The topological polar surface area (TPSA) is 64.3 Å². The van der Waals surface area contributed by atoms with Crippen LogP contribution in [-0.2, 0) is 4.79 Å². The number of amides is 1. The van der Waals surface area contributed by atoms with Gasteiger partial charge in [-0.15, -0.1) is 0 Å². The summed E-state index contributed by atoms with van der Waals surface area (Å²) in [5, 5.41) is 3.17. The lowest BCUT2D eigenvalue weighted by Gasteiger charge is -2.56. The van der Waals surface area contributed by atoms with Crippen LogP contribution in [0.2, 0.25) is 0 Å². The largest absolute Gasteiger partial charge is 0.493 e. The second-order valence-corrected chi connectivity index (χ2v) is 9.06. The highest BCUT2D eigenvalue weighted by Crippen LogP contribution is 2.61. The van der Waals surface area contributed by atoms with Crippen LogP contribution in [0.5, 0.6) is 5.75 Å². The third-order valence-corrected chi connectivity index (χ3v) is 6.86. The van der Waals surface area contributed by atoms with E-state index in [0.29, 0.717) is 19.6 Å². The minimum Gasteiger partial charge on any atom is -0.493 e. The highest BCUT2D eigenvalue weighted by atomic mass is 16.5. The number of rotatable bonds is 7. The number of benzene rings is 1. The van der Waals surface area contributed by atoms with E-state index in [9.17, 15) is 4.79 Å². The van der Waals surface area contributed by atoms with Crippen molar-refractivity contribution in [2.75, 3.05) is 18.5 Å². The molecule has 4 saturated carbocycles. The third kappa shape index (κ3) is 3.62. The molecule has 5 rings (SSSR count). The molecule has 0 radical (unpaired) electrons. The zero-order valence-corrected chi connectivity index (χ0v) is 15.9. The van der Waals surface area contributed by atoms with Gasteiger partial charge in [0.2, 0.25) is 5.91 Å². The number of hydrogen-bond acceptors (Lipinski definition) is 3. The van der Waals surface area contributed by atoms with E-state index in [1.165, 1.54) is 38.5 Å². The minimum absolute atomic E-state index is 0.175. The molecule has 0 spiro atoms. The molecule has 0 aliphatic heterocycles. The Morgan fingerprint density at radius 1 is 1.19 bits per heavy atom. The van der Waals surface area contributed by atoms with Gasteiger partial charge < -0.3 is 15.8 Å². The summed E-state index contributed by atoms with van der Waals surface area (Å²) in [5.74, 6) is 3.67. The molecule has 1 aromatic carbocycles. The smallest absolute Gasteiger partial charge is 0.224 e. The summed E-state index contributed by atoms with van der Waals surface area (Å²) in [5.41, 5.74) is 7.69. The SMILES string of the molecule is Cc1c(NC(=O)CC23CC4CC(CC(C4)C2)C3)cccc1OCCCN. The van der Waals surface area contributed by atoms with Crippen LogP contribution in [-0.4, -0.2) is 19.1 Å². The molecule has 142 valence electrons. The highest BCUT2D eigenvalue weighted by molar-refractivity contribution is 5.92. The van der Waals surface area contributed by atoms with Gasteiger partial charge in [-0.25, -0.2) is 0 Å². The first-order valence-corrected chi connectivity index (χ1v) is 10.3. The molecule has 4 fully saturated rings. The predicted octanol–water partition coefficient (Wildman–Crippen LogP) is 4.27. The summed E-state index contributed by atoms with van der Waals surface area (Å²) in [4.78, 5) is 12.9. The normalized spacial score (nSPS) is 31.8. The van der Waals surface area contributed by atoms with Gasteiger partial charge in [-0.2, -0.15) is 0 Å². The van der Waals surface area contributed by atoms with Gasteiger partial charge >= 0.3 is 0 Å². The average Bonchev–Trinajstić information content (AvgIpc) is 2.56. The molecule has 0 saturated heterocycles. The van der Waals surface area contributed by atoms with Crippen LogP contribution in [0.15, 0.2) is 18.2 Å². The number of ether oxygens (including phenoxy) is 1. The summed E-state index contributed by atoms with van der Waals surface area (Å²) in [6.45, 7) is 3.25. The molecular weight excluding hydrogens is 324 g/mol. The van der Waals surface area contributed by atoms with E-state index in [2.05, 4.69) is 5.32 Å². The molecule has 4 nitrogen and oxygen atoms in total. The standard InChI is InChI=1S/C22H32N2O2/c1-15-19(4-2-5-20(15)26-7-3-6-23)24-21(25)14-22-11-16-8-17(12-22)10-18(9-16)13-22/h2,4-5,16-18H,3,6-14,23H2,1H3,(H,24,25). The lowest BCUT2D eigenvalue weighted by atomic mass is 9.49. The number of nitrogens with one attached hydrogen (secondary N) is 1. The van der Waals surface area contributed by atoms with Crippen molar-refractivity contribution in [3.63, 3.8) is 0 Å². The van der Waals surface area contributed by atoms with Crippen LogP contribution < -0.4 is 15.8 Å². The van der Waals surface area contributed by atoms with Gasteiger partial charge in [0, 0.05) is 17.7 Å². The third-order valence-electron chi connectivity index (χ3n) is 6.86. The lowest BCUT2D eigenvalue weighted by molar-refractivity contribution is -0.124. The summed E-state index contributed by atoms with van der Waals surface area (Å²) < 4.78 is 5.80. The fourth-order valence-corrected chi connectivity index (χ4v) is 6.21. The fourth-order valence-electron chi connectivity index (χ4n) is 6.21. The van der Waals surface area contributed by atoms with E-state index in [-0.39, 0.29) is 11.3 Å². The summed E-state index contributed by atoms with van der Waals surface area (Å²) in [7, 11) is 0. The van der Waals surface area contributed by atoms with Crippen molar-refractivity contribution in [3.8, 4) is 5.75 Å². The number of hydrogen-bond donors (Lipinski definition) is 2. The van der Waals surface area contributed by atoms with E-state index in [1.54, 1.807) is 0 Å². The van der Waals surface area contributed by atoms with Crippen LogP contribution in [0.3, 0.4) is 0 Å². The molecular formula is C22H32N2O2. The number of carbonyl (C=O) groups excluding carboxylic acids is 1. The molecule has 26 heavy (non-hydrogen) atoms. The first kappa shape index (κ1) is 17.8. The number of anilines is 1. The predicted molar refractivity (Wildman–Crippen MR) is 104 cm³/mol. The van der Waals surface area contributed by atoms with Crippen molar-refractivity contribution in [1.82, 2.24) is 0 Å². The Morgan fingerprint density at radius 3 is 2.46 bits per heavy atom. The van der Waals surface area contributed by atoms with Crippen LogP contribution >= 0.6 is 0 Å². The maximum Gasteiger partial charge on any atom is 0.224 e. The Morgan fingerprint density at radius 2 is 1.85 bits per heavy atom. The van der Waals surface area contributed by atoms with Gasteiger partial charge in [-0.1, -0.05) is 6.07 Å². The highest BCUT2D eigenvalue weighted by Gasteiger charge is 2.51. The van der Waals surface area contributed by atoms with Crippen molar-refractivity contribution >= 4 is 11.6 Å². The van der Waals surface area contributed by atoms with Gasteiger partial charge in [-0.3, -0.25) is 4.79 Å². The molecule has 3 N–H and O–H groups in total. The van der Waals surface area contributed by atoms with Gasteiger partial charge in [-0.05, 0) is 93.7 Å². The van der Waals surface area contributed by atoms with Gasteiger partial charge in [0.25, 0.3) is 0 Å². The van der Waals surface area contributed by atoms with E-state index in [1.807, 2.05) is 25.1 Å². The molecule has 0 heterocycles. The summed E-state index contributed by atoms with van der Waals surface area (Å²) >= 11 is 0. The first-order valence-electron chi connectivity index (χ1n) is 10.3. The molecule has 1 amide bonds. The second kappa shape index (κ2) is 7.22. The number of carbonyl (C=O) groups is 1. The van der Waals surface area contributed by atoms with Crippen molar-refractivity contribution in [2.24, 2.45) is 28.9 Å². The van der Waals surface area contributed by atoms with E-state index >= 15 is 0 Å². The Hall–Kier alpha value is -1.55. The van der Waals surface area contributed by atoms with Crippen molar-refractivity contribution in [1.29, 1.82) is 0 Å². The van der Waals surface area contributed by atoms with E-state index in [0.717, 1.165) is 41.2 Å². The van der Waals surface area contributed by atoms with Gasteiger partial charge in [0.1, 0.15) is 5.75 Å². The second-order valence-electron chi connectivity index (χ2n) is 9.06. The maximum atomic E-state index is 12.9. The minimum atomic E-state index is 0.175. The molecule has 0 unspecified atom stereocenters. The van der Waals surface area contributed by atoms with Crippen molar-refractivity contribution in [2.45, 2.75) is 58.3 Å². The maximum absolute atomic E-state index is 12.9. The summed E-state index contributed by atoms with van der Waals surface area (Å²) in [6, 6.07) is 5.88. The van der Waals surface area contributed by atoms with Crippen LogP contribution in [0, 0.1) is 30.1 Å². The Kier molecular flexibility index (Phi) is 4.96. The van der Waals surface area contributed by atoms with Crippen LogP contribution in [0.25, 0.3) is 0 Å². The van der Waals surface area contributed by atoms with E-state index < -0.39 is 0 Å². The molecule has 0 atom stereocenters. The van der Waals surface area contributed by atoms with Crippen molar-refractivity contribution in [3.05, 3.63) is 23.8 Å². The summed E-state index contributed by atoms with van der Waals surface area (Å²) in [6.07, 6.45) is 9.59. The average molecular weight is 357 g/mol. The zero-order chi connectivity index (χ0) is 18.1. The molecule has 4 aliphatic carbocycles. The molecule has 1 aromatic rings. The van der Waals surface area contributed by atoms with E-state index in [4.69, 9.17) is 10.5 Å².